The van der Waals surface area contributed by atoms with E-state index < -0.39 is 17.8 Å². The second kappa shape index (κ2) is 14.2. The Morgan fingerprint density at radius 2 is 1.49 bits per heavy atom. The summed E-state index contributed by atoms with van der Waals surface area (Å²) in [5.74, 6) is -2.25. The van der Waals surface area contributed by atoms with E-state index in [0.29, 0.717) is 16.9 Å². The molecule has 0 atom stereocenters. The number of benzene rings is 5. The summed E-state index contributed by atoms with van der Waals surface area (Å²) < 4.78 is 0. The maximum atomic E-state index is 13.6. The summed E-state index contributed by atoms with van der Waals surface area (Å²) in [5, 5.41) is 19.6. The van der Waals surface area contributed by atoms with Crippen molar-refractivity contribution in [2.24, 2.45) is 0 Å². The van der Waals surface area contributed by atoms with Gasteiger partial charge < -0.3 is 21.1 Å². The summed E-state index contributed by atoms with van der Waals surface area (Å²) in [5.41, 5.74) is 2.99. The first-order chi connectivity index (χ1) is 21.8. The third kappa shape index (κ3) is 8.04. The van der Waals surface area contributed by atoms with Crippen LogP contribution < -0.4 is 16.0 Å². The molecule has 0 spiro atoms. The molecule has 3 amide bonds. The Bertz CT molecular complexity index is 1930. The van der Waals surface area contributed by atoms with Crippen molar-refractivity contribution in [1.29, 1.82) is 0 Å². The predicted molar refractivity (Wildman–Crippen MR) is 178 cm³/mol. The van der Waals surface area contributed by atoms with Gasteiger partial charge in [0.05, 0.1) is 11.3 Å². The van der Waals surface area contributed by atoms with E-state index in [0.717, 1.165) is 26.8 Å². The minimum atomic E-state index is -1.08. The van der Waals surface area contributed by atoms with Crippen molar-refractivity contribution in [3.63, 3.8) is 0 Å². The number of nitrogens with one attached hydrogen (secondary N) is 3. The number of thioether (sulfide) groups is 1. The van der Waals surface area contributed by atoms with Gasteiger partial charge in [0.15, 0.2) is 0 Å². The molecule has 5 aromatic rings. The normalized spacial score (nSPS) is 11.1. The number of amides is 3. The highest BCUT2D eigenvalue weighted by atomic mass is 32.2. The molecule has 0 aliphatic heterocycles. The van der Waals surface area contributed by atoms with Gasteiger partial charge in [-0.25, -0.2) is 4.79 Å². The van der Waals surface area contributed by atoms with Gasteiger partial charge in [0, 0.05) is 21.8 Å². The van der Waals surface area contributed by atoms with E-state index in [1.165, 1.54) is 23.9 Å². The van der Waals surface area contributed by atoms with Crippen molar-refractivity contribution in [3.8, 4) is 0 Å². The topological polar surface area (TPSA) is 125 Å². The number of fused-ring (bicyclic) bond motifs is 1. The van der Waals surface area contributed by atoms with Gasteiger partial charge in [-0.15, -0.1) is 11.8 Å². The number of aryl methyl sites for hydroxylation is 1. The van der Waals surface area contributed by atoms with Gasteiger partial charge >= 0.3 is 5.97 Å². The number of carboxylic acids is 1. The van der Waals surface area contributed by atoms with Crippen molar-refractivity contribution in [2.75, 3.05) is 16.4 Å². The van der Waals surface area contributed by atoms with Crippen LogP contribution in [0.2, 0.25) is 0 Å². The number of hydrogen-bond acceptors (Lipinski definition) is 5. The molecule has 5 rings (SSSR count). The largest absolute Gasteiger partial charge is 0.478 e. The molecule has 0 bridgehead atoms. The molecule has 0 saturated carbocycles. The average Bonchev–Trinajstić information content (AvgIpc) is 3.05. The number of hydrogen-bond donors (Lipinski definition) is 4. The van der Waals surface area contributed by atoms with E-state index in [-0.39, 0.29) is 22.9 Å². The molecule has 5 aromatic carbocycles. The molecule has 0 unspecified atom stereocenters. The number of carboxylic acid groups (broad SMARTS) is 1. The lowest BCUT2D eigenvalue weighted by molar-refractivity contribution is -0.114. The number of carbonyl (C=O) groups is 4. The van der Waals surface area contributed by atoms with E-state index in [4.69, 9.17) is 0 Å². The van der Waals surface area contributed by atoms with Crippen LogP contribution in [0.1, 0.15) is 31.8 Å². The smallest absolute Gasteiger partial charge is 0.335 e. The molecular formula is C36H29N3O5S. The lowest BCUT2D eigenvalue weighted by Gasteiger charge is -2.13. The summed E-state index contributed by atoms with van der Waals surface area (Å²) in [6.45, 7) is 1.78. The third-order valence-electron chi connectivity index (χ3n) is 6.87. The lowest BCUT2D eigenvalue weighted by atomic mass is 10.0. The lowest BCUT2D eigenvalue weighted by Crippen LogP contribution is -2.30. The maximum Gasteiger partial charge on any atom is 0.335 e. The Balaban J connectivity index is 1.32. The van der Waals surface area contributed by atoms with Crippen molar-refractivity contribution in [2.45, 2.75) is 11.8 Å². The monoisotopic (exact) mass is 615 g/mol. The summed E-state index contributed by atoms with van der Waals surface area (Å²) in [6.07, 6.45) is 1.66. The fourth-order valence-corrected chi connectivity index (χ4v) is 5.32. The Kier molecular flexibility index (Phi) is 9.71. The highest BCUT2D eigenvalue weighted by Crippen LogP contribution is 2.25. The van der Waals surface area contributed by atoms with E-state index in [1.54, 1.807) is 61.5 Å². The van der Waals surface area contributed by atoms with E-state index >= 15 is 0 Å². The fourth-order valence-electron chi connectivity index (χ4n) is 4.56. The first kappa shape index (κ1) is 30.8. The van der Waals surface area contributed by atoms with Gasteiger partial charge in [-0.3, -0.25) is 14.4 Å². The zero-order chi connectivity index (χ0) is 31.8. The van der Waals surface area contributed by atoms with Crippen LogP contribution in [0.4, 0.5) is 11.4 Å². The van der Waals surface area contributed by atoms with Crippen LogP contribution >= 0.6 is 11.8 Å². The Hall–Kier alpha value is -5.67. The van der Waals surface area contributed by atoms with Gasteiger partial charge in [-0.2, -0.15) is 0 Å². The van der Waals surface area contributed by atoms with Crippen LogP contribution in [0, 0.1) is 6.92 Å². The van der Waals surface area contributed by atoms with Crippen LogP contribution in [0.3, 0.4) is 0 Å². The summed E-state index contributed by atoms with van der Waals surface area (Å²) in [6, 6.07) is 33.8. The fraction of sp³-hybridized carbons (Fsp3) is 0.0556. The molecule has 0 saturated heterocycles. The Morgan fingerprint density at radius 1 is 0.756 bits per heavy atom. The second-order valence-electron chi connectivity index (χ2n) is 10.1. The predicted octanol–water partition coefficient (Wildman–Crippen LogP) is 6.99. The average molecular weight is 616 g/mol. The van der Waals surface area contributed by atoms with Gasteiger partial charge in [-0.1, -0.05) is 72.8 Å². The van der Waals surface area contributed by atoms with Crippen molar-refractivity contribution < 1.29 is 24.3 Å². The Labute approximate surface area is 264 Å². The van der Waals surface area contributed by atoms with Crippen LogP contribution in [0.25, 0.3) is 16.8 Å². The van der Waals surface area contributed by atoms with Crippen molar-refractivity contribution in [3.05, 3.63) is 143 Å². The van der Waals surface area contributed by atoms with Crippen molar-refractivity contribution >= 4 is 63.7 Å². The van der Waals surface area contributed by atoms with Crippen molar-refractivity contribution in [1.82, 2.24) is 5.32 Å². The van der Waals surface area contributed by atoms with E-state index in [2.05, 4.69) is 16.0 Å². The van der Waals surface area contributed by atoms with Gasteiger partial charge in [0.25, 0.3) is 11.8 Å². The summed E-state index contributed by atoms with van der Waals surface area (Å²) >= 11 is 1.26. The zero-order valence-electron chi connectivity index (χ0n) is 24.2. The summed E-state index contributed by atoms with van der Waals surface area (Å²) in [7, 11) is 0. The molecule has 0 aromatic heterocycles. The molecule has 224 valence electrons. The molecule has 45 heavy (non-hydrogen) atoms. The van der Waals surface area contributed by atoms with E-state index in [1.807, 2.05) is 54.6 Å². The number of carbonyl (C=O) groups excluding carboxylic acids is 3. The highest BCUT2D eigenvalue weighted by molar-refractivity contribution is 8.00. The maximum absolute atomic E-state index is 13.6. The standard InChI is InChI=1S/C36H29N3O5S/c1-23-17-18-27(36(43)44)20-31(23)38-33(40)22-45-29-15-8-14-28(21-29)37-35(42)32(39-34(41)25-10-3-2-4-11-25)19-26-13-7-12-24-9-5-6-16-30(24)26/h2-21H,22H2,1H3,(H,37,42)(H,38,40)(H,39,41)(H,43,44)/b32-19+. The number of aromatic carboxylic acids is 1. The molecule has 9 heteroatoms. The molecule has 4 N–H and O–H groups in total. The number of rotatable bonds is 10. The summed E-state index contributed by atoms with van der Waals surface area (Å²) in [4.78, 5) is 51.4. The molecule has 0 fully saturated rings. The second-order valence-corrected chi connectivity index (χ2v) is 11.1. The number of anilines is 2. The van der Waals surface area contributed by atoms with Crippen LogP contribution in [0.15, 0.2) is 126 Å². The Morgan fingerprint density at radius 3 is 2.29 bits per heavy atom. The molecule has 8 nitrogen and oxygen atoms in total. The third-order valence-corrected chi connectivity index (χ3v) is 7.87. The minimum Gasteiger partial charge on any atom is -0.478 e. The van der Waals surface area contributed by atoms with Gasteiger partial charge in [0.2, 0.25) is 5.91 Å². The highest BCUT2D eigenvalue weighted by Gasteiger charge is 2.16. The van der Waals surface area contributed by atoms with Gasteiger partial charge in [0.1, 0.15) is 5.70 Å². The van der Waals surface area contributed by atoms with Gasteiger partial charge in [-0.05, 0) is 77.4 Å². The first-order valence-corrected chi connectivity index (χ1v) is 15.0. The molecule has 0 aliphatic carbocycles. The molecule has 0 heterocycles. The molecule has 0 radical (unpaired) electrons. The zero-order valence-corrected chi connectivity index (χ0v) is 25.1. The van der Waals surface area contributed by atoms with E-state index in [9.17, 15) is 24.3 Å². The SMILES string of the molecule is Cc1ccc(C(=O)O)cc1NC(=O)CSc1cccc(NC(=O)/C(=C\c2cccc3ccccc23)NC(=O)c2ccccc2)c1. The molecular weight excluding hydrogens is 586 g/mol. The first-order valence-electron chi connectivity index (χ1n) is 14.0. The van der Waals surface area contributed by atoms with Crippen LogP contribution in [0.5, 0.6) is 0 Å². The van der Waals surface area contributed by atoms with Crippen LogP contribution in [-0.2, 0) is 9.59 Å². The quantitative estimate of drug-likeness (QED) is 0.0992. The van der Waals surface area contributed by atoms with Crippen LogP contribution in [-0.4, -0.2) is 34.6 Å². The molecule has 0 aliphatic rings. The minimum absolute atomic E-state index is 0.0630.